The first-order chi connectivity index (χ1) is 26.7. The number of carbonyl (C=O) groups is 5. The molecule has 13 heteroatoms. The minimum Gasteiger partial charge on any atom is -0.472 e. The number of fused-ring (bicyclic) bond motifs is 1. The summed E-state index contributed by atoms with van der Waals surface area (Å²) in [6.07, 6.45) is 8.37. The normalized spacial score (nSPS) is 20.7. The minimum absolute atomic E-state index is 0.00180. The quantitative estimate of drug-likeness (QED) is 0.125. The highest BCUT2D eigenvalue weighted by atomic mass is 35.5. The van der Waals surface area contributed by atoms with Gasteiger partial charge in [-0.1, -0.05) is 71.0 Å². The zero-order valence-corrected chi connectivity index (χ0v) is 33.6. The van der Waals surface area contributed by atoms with Gasteiger partial charge in [0.15, 0.2) is 28.7 Å². The molecule has 5 atom stereocenters. The van der Waals surface area contributed by atoms with Gasteiger partial charge in [-0.15, -0.1) is 0 Å². The fraction of sp³-hybridized carbons (Fsp3) is 0.605. The third-order valence-corrected chi connectivity index (χ3v) is 11.9. The van der Waals surface area contributed by atoms with Crippen molar-refractivity contribution < 1.29 is 37.5 Å². The maximum atomic E-state index is 14.9. The van der Waals surface area contributed by atoms with Gasteiger partial charge in [0.1, 0.15) is 11.6 Å². The molecule has 0 unspecified atom stereocenters. The van der Waals surface area contributed by atoms with Crippen LogP contribution in [0.15, 0.2) is 40.9 Å². The predicted molar refractivity (Wildman–Crippen MR) is 210 cm³/mol. The Morgan fingerprint density at radius 2 is 1.79 bits per heavy atom. The van der Waals surface area contributed by atoms with Crippen LogP contribution in [-0.4, -0.2) is 68.6 Å². The minimum atomic E-state index is -0.938. The second kappa shape index (κ2) is 17.9. The molecule has 56 heavy (non-hydrogen) atoms. The molecule has 302 valence electrons. The molecular formula is C43H54ClFN4O7. The molecule has 3 fully saturated rings. The number of rotatable bonds is 18. The van der Waals surface area contributed by atoms with Gasteiger partial charge in [-0.25, -0.2) is 9.37 Å². The average molecular weight is 793 g/mol. The number of nitrogens with one attached hydrogen (secondary N) is 1. The molecule has 1 amide bonds. The number of ether oxygens (including phenoxy) is 1. The van der Waals surface area contributed by atoms with Crippen molar-refractivity contribution in [2.24, 2.45) is 29.1 Å². The lowest BCUT2D eigenvalue weighted by molar-refractivity contribution is -0.147. The van der Waals surface area contributed by atoms with Crippen molar-refractivity contribution in [1.29, 1.82) is 0 Å². The van der Waals surface area contributed by atoms with Crippen molar-refractivity contribution in [3.05, 3.63) is 47.4 Å². The summed E-state index contributed by atoms with van der Waals surface area (Å²) >= 11 is 6.05. The Balaban J connectivity index is 1.25. The van der Waals surface area contributed by atoms with Crippen molar-refractivity contribution in [1.82, 2.24) is 14.9 Å². The molecule has 11 nitrogen and oxygen atoms in total. The number of halogens is 2. The van der Waals surface area contributed by atoms with Crippen LogP contribution in [0.25, 0.3) is 11.1 Å². The Kier molecular flexibility index (Phi) is 13.3. The molecule has 0 bridgehead atoms. The number of benzene rings is 1. The van der Waals surface area contributed by atoms with Gasteiger partial charge in [-0.3, -0.25) is 24.0 Å². The maximum Gasteiger partial charge on any atom is 0.296 e. The summed E-state index contributed by atoms with van der Waals surface area (Å²) in [4.78, 5) is 80.1. The van der Waals surface area contributed by atoms with Crippen molar-refractivity contribution in [3.63, 3.8) is 0 Å². The Hall–Kier alpha value is -4.19. The smallest absolute Gasteiger partial charge is 0.296 e. The molecule has 3 heterocycles. The van der Waals surface area contributed by atoms with E-state index in [0.717, 1.165) is 44.9 Å². The largest absolute Gasteiger partial charge is 0.472 e. The molecule has 2 aliphatic carbocycles. The van der Waals surface area contributed by atoms with Crippen molar-refractivity contribution in [2.75, 3.05) is 11.9 Å². The molecule has 1 aromatic carbocycles. The predicted octanol–water partition coefficient (Wildman–Crippen LogP) is 8.36. The summed E-state index contributed by atoms with van der Waals surface area (Å²) < 4.78 is 26.5. The molecule has 1 saturated heterocycles. The third kappa shape index (κ3) is 10.2. The van der Waals surface area contributed by atoms with Crippen LogP contribution in [-0.2, 0) is 24.0 Å². The van der Waals surface area contributed by atoms with E-state index in [9.17, 15) is 28.4 Å². The van der Waals surface area contributed by atoms with Gasteiger partial charge in [0.25, 0.3) is 6.01 Å². The molecule has 0 spiro atoms. The Bertz CT molecular complexity index is 1900. The van der Waals surface area contributed by atoms with E-state index in [1.54, 1.807) is 24.3 Å². The number of nitrogens with zero attached hydrogens (tertiary/aromatic N) is 3. The van der Waals surface area contributed by atoms with Crippen LogP contribution in [0.5, 0.6) is 5.88 Å². The monoisotopic (exact) mass is 792 g/mol. The number of pyridine rings is 1. The van der Waals surface area contributed by atoms with Gasteiger partial charge in [0, 0.05) is 49.8 Å². The SMILES string of the molecule is CCC[C@H](CC(=O)[C@@H]1C[C@@H](Oc2ccc(Cl)cn2)CN1C(=O)[C@@H](CC(=O)[C@@H](Nc1nc2cccc(F)c2o1)C1CCCCC1)C(C)(C)C)C(=O)C(=O)CC1CC1. The van der Waals surface area contributed by atoms with E-state index in [4.69, 9.17) is 20.8 Å². The standard InChI is InChI=1S/C43H54ClFN4O7/c1-5-10-27(39(53)36(52)19-25-15-16-25)20-34(50)33-21-29(55-37-18-17-28(44)23-46-37)24-49(33)41(54)30(43(2,3)4)22-35(51)38(26-11-7-6-8-12-26)48-42-47-32-14-9-13-31(45)40(32)56-42/h9,13-14,17-18,23,25-27,29-30,33,38H,5-8,10-12,15-16,19-22,24H2,1-4H3,(H,47,48)/t27-,29-,30-,33+,38+/m1/s1. The first-order valence-corrected chi connectivity index (χ1v) is 20.6. The summed E-state index contributed by atoms with van der Waals surface area (Å²) in [6, 6.07) is 6.09. The van der Waals surface area contributed by atoms with Gasteiger partial charge in [-0.2, -0.15) is 4.98 Å². The number of para-hydroxylation sites is 1. The highest BCUT2D eigenvalue weighted by Crippen LogP contribution is 2.38. The lowest BCUT2D eigenvalue weighted by Crippen LogP contribution is -2.49. The number of amides is 1. The molecule has 0 radical (unpaired) electrons. The van der Waals surface area contributed by atoms with E-state index in [2.05, 4.69) is 15.3 Å². The Labute approximate surface area is 332 Å². The number of likely N-dealkylation sites (tertiary alicyclic amines) is 1. The summed E-state index contributed by atoms with van der Waals surface area (Å²) in [7, 11) is 0. The van der Waals surface area contributed by atoms with E-state index in [-0.39, 0.29) is 79.0 Å². The summed E-state index contributed by atoms with van der Waals surface area (Å²) in [5.41, 5.74) is -0.376. The fourth-order valence-corrected chi connectivity index (χ4v) is 8.44. The number of oxazole rings is 1. The number of aromatic nitrogens is 2. The number of ketones is 4. The zero-order valence-electron chi connectivity index (χ0n) is 32.9. The van der Waals surface area contributed by atoms with Crippen molar-refractivity contribution in [2.45, 2.75) is 129 Å². The van der Waals surface area contributed by atoms with Crippen LogP contribution in [0, 0.1) is 34.9 Å². The van der Waals surface area contributed by atoms with E-state index in [1.165, 1.54) is 17.2 Å². The molecule has 2 saturated carbocycles. The summed E-state index contributed by atoms with van der Waals surface area (Å²) in [6.45, 7) is 7.67. The lowest BCUT2D eigenvalue weighted by Gasteiger charge is -2.36. The van der Waals surface area contributed by atoms with Gasteiger partial charge in [0.05, 0.1) is 23.7 Å². The molecular weight excluding hydrogens is 739 g/mol. The molecule has 1 N–H and O–H groups in total. The van der Waals surface area contributed by atoms with Gasteiger partial charge in [0.2, 0.25) is 17.6 Å². The van der Waals surface area contributed by atoms with Crippen LogP contribution < -0.4 is 10.1 Å². The highest BCUT2D eigenvalue weighted by Gasteiger charge is 2.47. The first kappa shape index (κ1) is 41.4. The van der Waals surface area contributed by atoms with Crippen molar-refractivity contribution in [3.8, 4) is 5.88 Å². The van der Waals surface area contributed by atoms with Crippen molar-refractivity contribution >= 4 is 57.8 Å². The average Bonchev–Trinajstić information content (AvgIpc) is 3.71. The van der Waals surface area contributed by atoms with Gasteiger partial charge < -0.3 is 19.4 Å². The molecule has 6 rings (SSSR count). The van der Waals surface area contributed by atoms with Crippen LogP contribution >= 0.6 is 11.6 Å². The molecule has 2 aromatic heterocycles. The topological polar surface area (TPSA) is 149 Å². The first-order valence-electron chi connectivity index (χ1n) is 20.2. The lowest BCUT2D eigenvalue weighted by atomic mass is 9.74. The van der Waals surface area contributed by atoms with E-state index in [0.29, 0.717) is 23.4 Å². The van der Waals surface area contributed by atoms with E-state index in [1.807, 2.05) is 27.7 Å². The third-order valence-electron chi connectivity index (χ3n) is 11.7. The number of carbonyl (C=O) groups excluding carboxylic acids is 5. The molecule has 1 aliphatic heterocycles. The summed E-state index contributed by atoms with van der Waals surface area (Å²) in [5.74, 6) is -3.49. The van der Waals surface area contributed by atoms with Crippen LogP contribution in [0.1, 0.15) is 111 Å². The Morgan fingerprint density at radius 3 is 2.43 bits per heavy atom. The highest BCUT2D eigenvalue weighted by molar-refractivity contribution is 6.38. The van der Waals surface area contributed by atoms with Crippen LogP contribution in [0.4, 0.5) is 10.4 Å². The van der Waals surface area contributed by atoms with Crippen LogP contribution in [0.3, 0.4) is 0 Å². The number of hydrogen-bond acceptors (Lipinski definition) is 10. The van der Waals surface area contributed by atoms with Gasteiger partial charge in [-0.05, 0) is 67.6 Å². The molecule has 3 aromatic rings. The second-order valence-electron chi connectivity index (χ2n) is 17.1. The second-order valence-corrected chi connectivity index (χ2v) is 17.5. The van der Waals surface area contributed by atoms with E-state index >= 15 is 0 Å². The van der Waals surface area contributed by atoms with E-state index < -0.39 is 52.8 Å². The number of Topliss-reactive ketones (excluding diaryl/α,β-unsaturated/α-hetero) is 4. The summed E-state index contributed by atoms with van der Waals surface area (Å²) in [5, 5.41) is 3.62. The fourth-order valence-electron chi connectivity index (χ4n) is 8.33. The number of hydrogen-bond donors (Lipinski definition) is 1. The molecule has 3 aliphatic rings. The van der Waals surface area contributed by atoms with Gasteiger partial charge >= 0.3 is 0 Å². The number of anilines is 1. The zero-order chi connectivity index (χ0) is 40.1. The Morgan fingerprint density at radius 1 is 1.04 bits per heavy atom. The maximum absolute atomic E-state index is 14.9. The van der Waals surface area contributed by atoms with Crippen LogP contribution in [0.2, 0.25) is 5.02 Å².